The summed E-state index contributed by atoms with van der Waals surface area (Å²) in [5.74, 6) is 0.0646. The summed E-state index contributed by atoms with van der Waals surface area (Å²) in [5, 5.41) is 0.272. The first-order valence-corrected chi connectivity index (χ1v) is 8.13. The smallest absolute Gasteiger partial charge is 0.257 e. The van der Waals surface area contributed by atoms with Gasteiger partial charge in [0, 0.05) is 10.0 Å². The highest BCUT2D eigenvalue weighted by Gasteiger charge is 2.19. The molecule has 3 nitrogen and oxygen atoms in total. The molecule has 0 N–H and O–H groups in total. The average Bonchev–Trinajstić information content (AvgIpc) is 2.89. The zero-order valence-corrected chi connectivity index (χ0v) is 13.6. The highest BCUT2D eigenvalue weighted by molar-refractivity contribution is 9.10. The van der Waals surface area contributed by atoms with Crippen molar-refractivity contribution in [3.05, 3.63) is 58.6 Å². The second kappa shape index (κ2) is 6.03. The van der Waals surface area contributed by atoms with Crippen molar-refractivity contribution in [2.45, 2.75) is 17.4 Å². The quantitative estimate of drug-likeness (QED) is 0.486. The number of rotatable bonds is 4. The number of carbonyl (C=O) groups is 1. The number of para-hydroxylation sites is 2. The van der Waals surface area contributed by atoms with E-state index in [0.29, 0.717) is 10.8 Å². The van der Waals surface area contributed by atoms with Gasteiger partial charge in [-0.05, 0) is 31.2 Å². The van der Waals surface area contributed by atoms with Crippen molar-refractivity contribution in [2.24, 2.45) is 0 Å². The Kier molecular flexibility index (Phi) is 4.12. The number of benzene rings is 2. The van der Waals surface area contributed by atoms with Crippen LogP contribution >= 0.6 is 27.7 Å². The first kappa shape index (κ1) is 14.4. The summed E-state index contributed by atoms with van der Waals surface area (Å²) in [6.45, 7) is 1.86. The van der Waals surface area contributed by atoms with Gasteiger partial charge >= 0.3 is 0 Å². The van der Waals surface area contributed by atoms with E-state index in [0.717, 1.165) is 15.6 Å². The molecule has 3 aromatic rings. The molecule has 0 aliphatic rings. The van der Waals surface area contributed by atoms with Crippen LogP contribution in [0.4, 0.5) is 0 Å². The number of halogens is 1. The molecule has 106 valence electrons. The van der Waals surface area contributed by atoms with Crippen molar-refractivity contribution in [3.8, 4) is 0 Å². The van der Waals surface area contributed by atoms with Crippen molar-refractivity contribution in [1.29, 1.82) is 0 Å². The average molecular weight is 362 g/mol. The second-order valence-corrected chi connectivity index (χ2v) is 6.79. The second-order valence-electron chi connectivity index (χ2n) is 4.58. The monoisotopic (exact) mass is 361 g/mol. The predicted octanol–water partition coefficient (Wildman–Crippen LogP) is 4.95. The molecule has 0 radical (unpaired) electrons. The van der Waals surface area contributed by atoms with Crippen LogP contribution in [0.25, 0.3) is 11.1 Å². The molecule has 0 amide bonds. The van der Waals surface area contributed by atoms with Crippen LogP contribution in [-0.4, -0.2) is 16.0 Å². The van der Waals surface area contributed by atoms with Gasteiger partial charge in [0.25, 0.3) is 5.22 Å². The summed E-state index contributed by atoms with van der Waals surface area (Å²) in [6, 6.07) is 14.9. The first-order chi connectivity index (χ1) is 10.1. The number of aromatic nitrogens is 1. The maximum atomic E-state index is 12.4. The van der Waals surface area contributed by atoms with Crippen LogP contribution in [0.3, 0.4) is 0 Å². The Labute approximate surface area is 134 Å². The standard InChI is InChI=1S/C16H12BrNO2S/c1-10(15(19)11-6-8-12(17)9-7-11)21-16-18-13-4-2-3-5-14(13)20-16/h2-10H,1H3/t10-/m1/s1. The van der Waals surface area contributed by atoms with Crippen molar-refractivity contribution >= 4 is 44.6 Å². The molecular formula is C16H12BrNO2S. The Morgan fingerprint density at radius 2 is 1.90 bits per heavy atom. The third kappa shape index (κ3) is 3.19. The molecule has 2 aromatic carbocycles. The molecule has 1 heterocycles. The fourth-order valence-corrected chi connectivity index (χ4v) is 3.05. The summed E-state index contributed by atoms with van der Waals surface area (Å²) < 4.78 is 6.59. The number of hydrogen-bond acceptors (Lipinski definition) is 4. The van der Waals surface area contributed by atoms with Crippen LogP contribution in [0.2, 0.25) is 0 Å². The third-order valence-corrected chi connectivity index (χ3v) is 4.52. The van der Waals surface area contributed by atoms with E-state index in [4.69, 9.17) is 4.42 Å². The molecule has 5 heteroatoms. The summed E-state index contributed by atoms with van der Waals surface area (Å²) in [5.41, 5.74) is 2.24. The topological polar surface area (TPSA) is 43.1 Å². The van der Waals surface area contributed by atoms with Gasteiger partial charge in [0.05, 0.1) is 5.25 Å². The number of ketones is 1. The fraction of sp³-hybridized carbons (Fsp3) is 0.125. The number of Topliss-reactive ketones (excluding diaryl/α,β-unsaturated/α-hetero) is 1. The Bertz CT molecular complexity index is 749. The lowest BCUT2D eigenvalue weighted by molar-refractivity contribution is 0.0993. The van der Waals surface area contributed by atoms with E-state index in [1.54, 1.807) is 0 Å². The van der Waals surface area contributed by atoms with E-state index in [9.17, 15) is 4.79 Å². The van der Waals surface area contributed by atoms with E-state index in [1.165, 1.54) is 11.8 Å². The molecule has 0 spiro atoms. The Morgan fingerprint density at radius 3 is 2.62 bits per heavy atom. The normalized spacial score (nSPS) is 12.5. The zero-order chi connectivity index (χ0) is 14.8. The molecule has 1 aromatic heterocycles. The lowest BCUT2D eigenvalue weighted by Crippen LogP contribution is -2.13. The summed E-state index contributed by atoms with van der Waals surface area (Å²) in [7, 11) is 0. The van der Waals surface area contributed by atoms with Gasteiger partial charge in [0.1, 0.15) is 5.52 Å². The van der Waals surface area contributed by atoms with Gasteiger partial charge in [0.15, 0.2) is 11.4 Å². The number of nitrogens with zero attached hydrogens (tertiary/aromatic N) is 1. The lowest BCUT2D eigenvalue weighted by Gasteiger charge is -2.07. The third-order valence-electron chi connectivity index (χ3n) is 3.05. The van der Waals surface area contributed by atoms with Crippen LogP contribution in [0.1, 0.15) is 17.3 Å². The molecule has 0 aliphatic carbocycles. The van der Waals surface area contributed by atoms with Gasteiger partial charge in [0.2, 0.25) is 0 Å². The SMILES string of the molecule is C[C@@H](Sc1nc2ccccc2o1)C(=O)c1ccc(Br)cc1. The molecule has 0 unspecified atom stereocenters. The number of fused-ring (bicyclic) bond motifs is 1. The van der Waals surface area contributed by atoms with Crippen LogP contribution in [0, 0.1) is 0 Å². The highest BCUT2D eigenvalue weighted by atomic mass is 79.9. The van der Waals surface area contributed by atoms with E-state index in [-0.39, 0.29) is 11.0 Å². The van der Waals surface area contributed by atoms with Crippen LogP contribution in [0.5, 0.6) is 0 Å². The molecule has 0 aliphatic heterocycles. The molecule has 1 atom stereocenters. The molecule has 21 heavy (non-hydrogen) atoms. The predicted molar refractivity (Wildman–Crippen MR) is 87.8 cm³/mol. The van der Waals surface area contributed by atoms with Crippen LogP contribution in [-0.2, 0) is 0 Å². The highest BCUT2D eigenvalue weighted by Crippen LogP contribution is 2.28. The van der Waals surface area contributed by atoms with Gasteiger partial charge in [-0.2, -0.15) is 0 Å². The Balaban J connectivity index is 1.77. The first-order valence-electron chi connectivity index (χ1n) is 6.45. The molecule has 0 bridgehead atoms. The lowest BCUT2D eigenvalue weighted by atomic mass is 10.1. The molecule has 0 fully saturated rings. The van der Waals surface area contributed by atoms with E-state index >= 15 is 0 Å². The summed E-state index contributed by atoms with van der Waals surface area (Å²) >= 11 is 4.70. The Morgan fingerprint density at radius 1 is 1.19 bits per heavy atom. The van der Waals surface area contributed by atoms with Gasteiger partial charge < -0.3 is 4.42 Å². The van der Waals surface area contributed by atoms with Gasteiger partial charge in [-0.15, -0.1) is 0 Å². The van der Waals surface area contributed by atoms with Crippen molar-refractivity contribution in [1.82, 2.24) is 4.98 Å². The van der Waals surface area contributed by atoms with Gasteiger partial charge in [-0.1, -0.05) is 52.0 Å². The van der Waals surface area contributed by atoms with Gasteiger partial charge in [-0.25, -0.2) is 4.98 Å². The van der Waals surface area contributed by atoms with Crippen molar-refractivity contribution < 1.29 is 9.21 Å². The van der Waals surface area contributed by atoms with E-state index in [1.807, 2.05) is 55.5 Å². The molecule has 0 saturated carbocycles. The minimum absolute atomic E-state index is 0.0646. The largest absolute Gasteiger partial charge is 0.431 e. The number of hydrogen-bond donors (Lipinski definition) is 0. The van der Waals surface area contributed by atoms with Crippen molar-refractivity contribution in [3.63, 3.8) is 0 Å². The minimum Gasteiger partial charge on any atom is -0.431 e. The van der Waals surface area contributed by atoms with Crippen LogP contribution < -0.4 is 0 Å². The van der Waals surface area contributed by atoms with Crippen molar-refractivity contribution in [2.75, 3.05) is 0 Å². The number of oxazole rings is 1. The summed E-state index contributed by atoms with van der Waals surface area (Å²) in [4.78, 5) is 16.7. The van der Waals surface area contributed by atoms with Gasteiger partial charge in [-0.3, -0.25) is 4.79 Å². The maximum absolute atomic E-state index is 12.4. The molecule has 0 saturated heterocycles. The van der Waals surface area contributed by atoms with E-state index in [2.05, 4.69) is 20.9 Å². The minimum atomic E-state index is -0.251. The fourth-order valence-electron chi connectivity index (χ4n) is 1.96. The zero-order valence-electron chi connectivity index (χ0n) is 11.2. The van der Waals surface area contributed by atoms with Crippen LogP contribution in [0.15, 0.2) is 62.6 Å². The number of thioether (sulfide) groups is 1. The maximum Gasteiger partial charge on any atom is 0.257 e. The molecule has 3 rings (SSSR count). The summed E-state index contributed by atoms with van der Waals surface area (Å²) in [6.07, 6.45) is 0. The van der Waals surface area contributed by atoms with E-state index < -0.39 is 0 Å². The number of carbonyl (C=O) groups excluding carboxylic acids is 1. The molecular weight excluding hydrogens is 350 g/mol. The Hall–Kier alpha value is -1.59.